The first kappa shape index (κ1) is 12.8. The van der Waals surface area contributed by atoms with Gasteiger partial charge >= 0.3 is 5.97 Å². The summed E-state index contributed by atoms with van der Waals surface area (Å²) in [6.45, 7) is 0.748. The van der Waals surface area contributed by atoms with E-state index in [1.165, 1.54) is 0 Å². The van der Waals surface area contributed by atoms with E-state index in [1.807, 2.05) is 7.05 Å². The Morgan fingerprint density at radius 2 is 2.22 bits per heavy atom. The third kappa shape index (κ3) is 2.60. The molecule has 0 unspecified atom stereocenters. The molecule has 1 aromatic carbocycles. The normalized spacial score (nSPS) is 10.8. The summed E-state index contributed by atoms with van der Waals surface area (Å²) in [5.41, 5.74) is 1.63. The summed E-state index contributed by atoms with van der Waals surface area (Å²) in [6.07, 6.45) is 0.680. The fraction of sp³-hybridized carbons (Fsp3) is 0.231. The lowest BCUT2D eigenvalue weighted by atomic mass is 10.1. The van der Waals surface area contributed by atoms with Crippen molar-refractivity contribution in [2.45, 2.75) is 6.42 Å². The van der Waals surface area contributed by atoms with Crippen LogP contribution in [0.1, 0.15) is 16.1 Å². The number of hydrogen-bond donors (Lipinski definition) is 2. The molecule has 1 aromatic heterocycles. The maximum atomic E-state index is 11.2. The predicted octanol–water partition coefficient (Wildman–Crippen LogP) is 2.35. The smallest absolute Gasteiger partial charge is 0.336 e. The highest BCUT2D eigenvalue weighted by atomic mass is 35.5. The lowest BCUT2D eigenvalue weighted by Crippen LogP contribution is -2.12. The Balaban J connectivity index is 2.59. The van der Waals surface area contributed by atoms with Gasteiger partial charge in [0.25, 0.3) is 0 Å². The number of carbonyl (C=O) groups is 1. The van der Waals surface area contributed by atoms with Crippen LogP contribution in [0.3, 0.4) is 0 Å². The summed E-state index contributed by atoms with van der Waals surface area (Å²) in [6, 6.07) is 6.67. The van der Waals surface area contributed by atoms with Crippen molar-refractivity contribution in [3.05, 3.63) is 40.5 Å². The fourth-order valence-corrected chi connectivity index (χ4v) is 1.98. The molecular formula is C13H13ClN2O2. The molecule has 0 atom stereocenters. The number of nitrogens with zero attached hydrogens (tertiary/aromatic N) is 1. The van der Waals surface area contributed by atoms with Gasteiger partial charge in [0.1, 0.15) is 0 Å². The molecule has 2 N–H and O–H groups in total. The van der Waals surface area contributed by atoms with Crippen molar-refractivity contribution in [2.75, 3.05) is 13.6 Å². The molecule has 0 radical (unpaired) electrons. The molecule has 5 heteroatoms. The third-order valence-electron chi connectivity index (χ3n) is 2.69. The lowest BCUT2D eigenvalue weighted by molar-refractivity contribution is 0.0699. The van der Waals surface area contributed by atoms with Gasteiger partial charge in [-0.25, -0.2) is 4.79 Å². The third-order valence-corrected chi connectivity index (χ3v) is 2.92. The first-order valence-corrected chi connectivity index (χ1v) is 5.96. The maximum Gasteiger partial charge on any atom is 0.336 e. The number of fused-ring (bicyclic) bond motifs is 1. The maximum absolute atomic E-state index is 11.2. The highest BCUT2D eigenvalue weighted by molar-refractivity contribution is 6.31. The van der Waals surface area contributed by atoms with Crippen molar-refractivity contribution in [2.24, 2.45) is 0 Å². The molecule has 2 aromatic rings. The van der Waals surface area contributed by atoms with Gasteiger partial charge in [-0.05, 0) is 25.2 Å². The van der Waals surface area contributed by atoms with Gasteiger partial charge in [0.15, 0.2) is 0 Å². The molecule has 94 valence electrons. The SMILES string of the molecule is CNCCc1cc(C(=O)O)c2ccc(Cl)cc2n1. The molecule has 1 heterocycles. The Kier molecular flexibility index (Phi) is 3.79. The van der Waals surface area contributed by atoms with Crippen molar-refractivity contribution in [3.63, 3.8) is 0 Å². The van der Waals surface area contributed by atoms with Gasteiger partial charge in [0.2, 0.25) is 0 Å². The van der Waals surface area contributed by atoms with E-state index in [4.69, 9.17) is 11.6 Å². The molecule has 0 fully saturated rings. The molecule has 0 saturated carbocycles. The zero-order valence-electron chi connectivity index (χ0n) is 9.90. The largest absolute Gasteiger partial charge is 0.478 e. The number of likely N-dealkylation sites (N-methyl/N-ethyl adjacent to an activating group) is 1. The number of hydrogen-bond acceptors (Lipinski definition) is 3. The lowest BCUT2D eigenvalue weighted by Gasteiger charge is -2.07. The Labute approximate surface area is 110 Å². The standard InChI is InChI=1S/C13H13ClN2O2/c1-15-5-4-9-7-11(13(17)18)10-3-2-8(14)6-12(10)16-9/h2-3,6-7,15H,4-5H2,1H3,(H,17,18). The Hall–Kier alpha value is -1.65. The second-order valence-corrected chi connectivity index (χ2v) is 4.42. The summed E-state index contributed by atoms with van der Waals surface area (Å²) >= 11 is 5.91. The van der Waals surface area contributed by atoms with Crippen LogP contribution in [0.25, 0.3) is 10.9 Å². The van der Waals surface area contributed by atoms with E-state index in [1.54, 1.807) is 24.3 Å². The molecule has 0 aliphatic heterocycles. The minimum Gasteiger partial charge on any atom is -0.478 e. The van der Waals surface area contributed by atoms with Gasteiger partial charge in [-0.15, -0.1) is 0 Å². The van der Waals surface area contributed by atoms with Crippen LogP contribution < -0.4 is 5.32 Å². The first-order chi connectivity index (χ1) is 8.61. The van der Waals surface area contributed by atoms with Gasteiger partial charge in [0, 0.05) is 29.1 Å². The summed E-state index contributed by atoms with van der Waals surface area (Å²) in [4.78, 5) is 15.7. The molecule has 2 rings (SSSR count). The number of nitrogens with one attached hydrogen (secondary N) is 1. The Morgan fingerprint density at radius 3 is 2.89 bits per heavy atom. The van der Waals surface area contributed by atoms with Gasteiger partial charge in [0.05, 0.1) is 11.1 Å². The molecule has 0 bridgehead atoms. The summed E-state index contributed by atoms with van der Waals surface area (Å²) in [7, 11) is 1.84. The van der Waals surface area contributed by atoms with Crippen LogP contribution in [0.4, 0.5) is 0 Å². The van der Waals surface area contributed by atoms with E-state index >= 15 is 0 Å². The number of aromatic carboxylic acids is 1. The number of pyridine rings is 1. The van der Waals surface area contributed by atoms with Crippen LogP contribution in [-0.4, -0.2) is 29.7 Å². The van der Waals surface area contributed by atoms with E-state index in [0.717, 1.165) is 12.2 Å². The van der Waals surface area contributed by atoms with Crippen molar-refractivity contribution in [3.8, 4) is 0 Å². The summed E-state index contributed by atoms with van der Waals surface area (Å²) < 4.78 is 0. The molecule has 0 amide bonds. The predicted molar refractivity (Wildman–Crippen MR) is 71.3 cm³/mol. The molecule has 18 heavy (non-hydrogen) atoms. The molecule has 0 spiro atoms. The van der Waals surface area contributed by atoms with Gasteiger partial charge in [-0.2, -0.15) is 0 Å². The average molecular weight is 265 g/mol. The quantitative estimate of drug-likeness (QED) is 0.890. The number of carboxylic acid groups (broad SMARTS) is 1. The molecule has 0 saturated heterocycles. The molecule has 0 aliphatic rings. The fourth-order valence-electron chi connectivity index (χ4n) is 1.81. The second kappa shape index (κ2) is 5.33. The highest BCUT2D eigenvalue weighted by Gasteiger charge is 2.11. The topological polar surface area (TPSA) is 62.2 Å². The molecule has 4 nitrogen and oxygen atoms in total. The first-order valence-electron chi connectivity index (χ1n) is 5.59. The van der Waals surface area contributed by atoms with Gasteiger partial charge in [-0.1, -0.05) is 17.7 Å². The van der Waals surface area contributed by atoms with E-state index in [0.29, 0.717) is 22.3 Å². The number of halogens is 1. The van der Waals surface area contributed by atoms with Crippen molar-refractivity contribution in [1.82, 2.24) is 10.3 Å². The van der Waals surface area contributed by atoms with Gasteiger partial charge < -0.3 is 10.4 Å². The van der Waals surface area contributed by atoms with Gasteiger partial charge in [-0.3, -0.25) is 4.98 Å². The molecule has 0 aliphatic carbocycles. The monoisotopic (exact) mass is 264 g/mol. The molecular weight excluding hydrogens is 252 g/mol. The van der Waals surface area contributed by atoms with E-state index in [-0.39, 0.29) is 5.56 Å². The minimum atomic E-state index is -0.949. The van der Waals surface area contributed by atoms with Crippen molar-refractivity contribution < 1.29 is 9.90 Å². The van der Waals surface area contributed by atoms with Crippen LogP contribution in [0.15, 0.2) is 24.3 Å². The van der Waals surface area contributed by atoms with E-state index in [2.05, 4.69) is 10.3 Å². The highest BCUT2D eigenvalue weighted by Crippen LogP contribution is 2.22. The van der Waals surface area contributed by atoms with Crippen LogP contribution in [0.5, 0.6) is 0 Å². The number of carboxylic acids is 1. The summed E-state index contributed by atoms with van der Waals surface area (Å²) in [5.74, 6) is -0.949. The van der Waals surface area contributed by atoms with Crippen LogP contribution in [0, 0.1) is 0 Å². The summed E-state index contributed by atoms with van der Waals surface area (Å²) in [5, 5.41) is 13.4. The van der Waals surface area contributed by atoms with E-state index in [9.17, 15) is 9.90 Å². The number of benzene rings is 1. The zero-order chi connectivity index (χ0) is 13.1. The van der Waals surface area contributed by atoms with Crippen molar-refractivity contribution >= 4 is 28.5 Å². The average Bonchev–Trinajstić information content (AvgIpc) is 2.34. The van der Waals surface area contributed by atoms with Crippen LogP contribution >= 0.6 is 11.6 Å². The zero-order valence-corrected chi connectivity index (χ0v) is 10.7. The minimum absolute atomic E-state index is 0.266. The Morgan fingerprint density at radius 1 is 1.44 bits per heavy atom. The number of rotatable bonds is 4. The van der Waals surface area contributed by atoms with Crippen LogP contribution in [-0.2, 0) is 6.42 Å². The number of aromatic nitrogens is 1. The Bertz CT molecular complexity index is 599. The van der Waals surface area contributed by atoms with Crippen LogP contribution in [0.2, 0.25) is 5.02 Å². The van der Waals surface area contributed by atoms with Crippen molar-refractivity contribution in [1.29, 1.82) is 0 Å². The second-order valence-electron chi connectivity index (χ2n) is 3.98. The van der Waals surface area contributed by atoms with E-state index < -0.39 is 5.97 Å².